The van der Waals surface area contributed by atoms with Crippen LogP contribution in [0.3, 0.4) is 0 Å². The summed E-state index contributed by atoms with van der Waals surface area (Å²) in [6.45, 7) is 3.39. The molecule has 2 N–H and O–H groups in total. The molecule has 0 bridgehead atoms. The molecular weight excluding hydrogens is 228 g/mol. The van der Waals surface area contributed by atoms with E-state index in [2.05, 4.69) is 17.0 Å². The molecule has 1 saturated heterocycles. The Morgan fingerprint density at radius 3 is 2.81 bits per heavy atom. The van der Waals surface area contributed by atoms with E-state index >= 15 is 0 Å². The summed E-state index contributed by atoms with van der Waals surface area (Å²) in [5.41, 5.74) is 0. The minimum Gasteiger partial charge on any atom is -0.378 e. The van der Waals surface area contributed by atoms with E-state index in [1.54, 1.807) is 0 Å². The van der Waals surface area contributed by atoms with Crippen molar-refractivity contribution < 1.29 is 13.2 Å². The van der Waals surface area contributed by atoms with Gasteiger partial charge in [-0.2, -0.15) is 0 Å². The van der Waals surface area contributed by atoms with Crippen molar-refractivity contribution in [3.8, 4) is 0 Å². The van der Waals surface area contributed by atoms with Crippen LogP contribution in [0.5, 0.6) is 0 Å². The van der Waals surface area contributed by atoms with Crippen LogP contribution in [0.1, 0.15) is 26.2 Å². The standard InChI is InChI=1S/C10H22N2O3S/c1-3-10-8-9(4-6-15-10)12-5-7-16(13,14)11-2/h9-12H,3-8H2,1-2H3. The van der Waals surface area contributed by atoms with Crippen molar-refractivity contribution in [3.63, 3.8) is 0 Å². The van der Waals surface area contributed by atoms with Gasteiger partial charge in [-0.05, 0) is 26.3 Å². The highest BCUT2D eigenvalue weighted by molar-refractivity contribution is 7.89. The number of sulfonamides is 1. The number of hydrogen-bond donors (Lipinski definition) is 2. The summed E-state index contributed by atoms with van der Waals surface area (Å²) in [6.07, 6.45) is 3.30. The van der Waals surface area contributed by atoms with Gasteiger partial charge in [-0.3, -0.25) is 0 Å². The van der Waals surface area contributed by atoms with Gasteiger partial charge in [0.15, 0.2) is 0 Å². The van der Waals surface area contributed by atoms with Gasteiger partial charge in [0, 0.05) is 19.2 Å². The smallest absolute Gasteiger partial charge is 0.212 e. The molecule has 0 aliphatic carbocycles. The Labute approximate surface area is 98.0 Å². The Hall–Kier alpha value is -0.170. The Morgan fingerprint density at radius 2 is 2.19 bits per heavy atom. The third kappa shape index (κ3) is 4.78. The Morgan fingerprint density at radius 1 is 1.44 bits per heavy atom. The predicted molar refractivity (Wildman–Crippen MR) is 63.9 cm³/mol. The van der Waals surface area contributed by atoms with Crippen LogP contribution in [0.15, 0.2) is 0 Å². The molecule has 0 aromatic carbocycles. The molecule has 0 saturated carbocycles. The number of ether oxygens (including phenoxy) is 1. The lowest BCUT2D eigenvalue weighted by Gasteiger charge is -2.29. The minimum atomic E-state index is -3.08. The van der Waals surface area contributed by atoms with Gasteiger partial charge in [0.1, 0.15) is 0 Å². The molecular formula is C10H22N2O3S. The molecule has 0 aromatic heterocycles. The largest absolute Gasteiger partial charge is 0.378 e. The molecule has 1 aliphatic rings. The van der Waals surface area contributed by atoms with Gasteiger partial charge in [0.25, 0.3) is 0 Å². The molecule has 2 unspecified atom stereocenters. The molecule has 1 aliphatic heterocycles. The monoisotopic (exact) mass is 250 g/mol. The lowest BCUT2D eigenvalue weighted by Crippen LogP contribution is -2.41. The zero-order chi connectivity index (χ0) is 12.0. The zero-order valence-electron chi connectivity index (χ0n) is 10.0. The predicted octanol–water partition coefficient (Wildman–Crippen LogP) is 0.0828. The van der Waals surface area contributed by atoms with Crippen molar-refractivity contribution in [1.29, 1.82) is 0 Å². The van der Waals surface area contributed by atoms with Crippen LogP contribution < -0.4 is 10.0 Å². The highest BCUT2D eigenvalue weighted by atomic mass is 32.2. The van der Waals surface area contributed by atoms with Crippen LogP contribution in [0.4, 0.5) is 0 Å². The molecule has 16 heavy (non-hydrogen) atoms. The average molecular weight is 250 g/mol. The summed E-state index contributed by atoms with van der Waals surface area (Å²) in [6, 6.07) is 0.394. The van der Waals surface area contributed by atoms with Crippen LogP contribution in [-0.2, 0) is 14.8 Å². The SMILES string of the molecule is CCC1CC(NCCS(=O)(=O)NC)CCO1. The van der Waals surface area contributed by atoms with Gasteiger partial charge < -0.3 is 10.1 Å². The second-order valence-electron chi connectivity index (χ2n) is 4.10. The fourth-order valence-corrected chi connectivity index (χ4v) is 2.44. The topological polar surface area (TPSA) is 67.4 Å². The van der Waals surface area contributed by atoms with Crippen molar-refractivity contribution >= 4 is 10.0 Å². The number of nitrogens with one attached hydrogen (secondary N) is 2. The maximum Gasteiger partial charge on any atom is 0.212 e. The molecule has 0 amide bonds. The van der Waals surface area contributed by atoms with Crippen molar-refractivity contribution in [2.75, 3.05) is 26.0 Å². The molecule has 5 nitrogen and oxygen atoms in total. The Balaban J connectivity index is 2.22. The fraction of sp³-hybridized carbons (Fsp3) is 1.00. The van der Waals surface area contributed by atoms with E-state index in [9.17, 15) is 8.42 Å². The third-order valence-electron chi connectivity index (χ3n) is 2.94. The first-order valence-corrected chi connectivity index (χ1v) is 7.49. The van der Waals surface area contributed by atoms with E-state index < -0.39 is 10.0 Å². The summed E-state index contributed by atoms with van der Waals surface area (Å²) in [4.78, 5) is 0. The number of hydrogen-bond acceptors (Lipinski definition) is 4. The van der Waals surface area contributed by atoms with Crippen molar-refractivity contribution in [1.82, 2.24) is 10.0 Å². The van der Waals surface area contributed by atoms with Crippen LogP contribution >= 0.6 is 0 Å². The van der Waals surface area contributed by atoms with E-state index in [1.165, 1.54) is 7.05 Å². The molecule has 2 atom stereocenters. The average Bonchev–Trinajstić information content (AvgIpc) is 2.29. The van der Waals surface area contributed by atoms with Gasteiger partial charge in [-0.15, -0.1) is 0 Å². The summed E-state index contributed by atoms with van der Waals surface area (Å²) < 4.78 is 30.2. The highest BCUT2D eigenvalue weighted by Crippen LogP contribution is 2.15. The van der Waals surface area contributed by atoms with Crippen molar-refractivity contribution in [2.24, 2.45) is 0 Å². The lowest BCUT2D eigenvalue weighted by molar-refractivity contribution is 0.000338. The summed E-state index contributed by atoms with van der Waals surface area (Å²) >= 11 is 0. The summed E-state index contributed by atoms with van der Waals surface area (Å²) in [5.74, 6) is 0.137. The zero-order valence-corrected chi connectivity index (χ0v) is 10.8. The molecule has 0 aromatic rings. The molecule has 1 fully saturated rings. The van der Waals surface area contributed by atoms with E-state index in [0.717, 1.165) is 25.9 Å². The van der Waals surface area contributed by atoms with E-state index in [4.69, 9.17) is 4.74 Å². The number of rotatable bonds is 6. The van der Waals surface area contributed by atoms with Gasteiger partial charge >= 0.3 is 0 Å². The van der Waals surface area contributed by atoms with Gasteiger partial charge in [0.2, 0.25) is 10.0 Å². The molecule has 0 radical (unpaired) electrons. The first kappa shape index (κ1) is 13.9. The Bertz CT molecular complexity index is 292. The van der Waals surface area contributed by atoms with Gasteiger partial charge in [-0.25, -0.2) is 13.1 Å². The third-order valence-corrected chi connectivity index (χ3v) is 4.30. The molecule has 6 heteroatoms. The summed E-state index contributed by atoms with van der Waals surface area (Å²) in [7, 11) is -1.64. The van der Waals surface area contributed by atoms with Gasteiger partial charge in [0.05, 0.1) is 11.9 Å². The molecule has 1 heterocycles. The second kappa shape index (κ2) is 6.54. The lowest BCUT2D eigenvalue weighted by atomic mass is 10.0. The van der Waals surface area contributed by atoms with Crippen molar-refractivity contribution in [2.45, 2.75) is 38.3 Å². The first-order chi connectivity index (χ1) is 7.57. The molecule has 1 rings (SSSR count). The molecule has 96 valence electrons. The van der Waals surface area contributed by atoms with E-state index in [1.807, 2.05) is 0 Å². The Kier molecular flexibility index (Phi) is 5.68. The maximum absolute atomic E-state index is 11.2. The van der Waals surface area contributed by atoms with Crippen molar-refractivity contribution in [3.05, 3.63) is 0 Å². The minimum absolute atomic E-state index is 0.137. The van der Waals surface area contributed by atoms with E-state index in [0.29, 0.717) is 18.7 Å². The van der Waals surface area contributed by atoms with Crippen LogP contribution in [0, 0.1) is 0 Å². The first-order valence-electron chi connectivity index (χ1n) is 5.83. The summed E-state index contributed by atoms with van der Waals surface area (Å²) in [5, 5.41) is 3.28. The highest BCUT2D eigenvalue weighted by Gasteiger charge is 2.21. The normalized spacial score (nSPS) is 26.9. The van der Waals surface area contributed by atoms with E-state index in [-0.39, 0.29) is 5.75 Å². The second-order valence-corrected chi connectivity index (χ2v) is 6.15. The van der Waals surface area contributed by atoms with Crippen LogP contribution in [-0.4, -0.2) is 46.5 Å². The van der Waals surface area contributed by atoms with Crippen LogP contribution in [0.25, 0.3) is 0 Å². The van der Waals surface area contributed by atoms with Crippen LogP contribution in [0.2, 0.25) is 0 Å². The molecule has 0 spiro atoms. The fourth-order valence-electron chi connectivity index (χ4n) is 1.85. The quantitative estimate of drug-likeness (QED) is 0.701. The van der Waals surface area contributed by atoms with Gasteiger partial charge in [-0.1, -0.05) is 6.92 Å². The maximum atomic E-state index is 11.2.